The Morgan fingerprint density at radius 3 is 2.17 bits per heavy atom. The standard InChI is InChI=1S/C15H28N2O5S/c1-5-10-16-13-14(18)17(15(16)19)11-9-12-23(20-6-2,21-7-3)22-8-4/h5H,1,6-13H2,2-4H3. The van der Waals surface area contributed by atoms with Gasteiger partial charge in [0.1, 0.15) is 6.54 Å². The first kappa shape index (κ1) is 20.0. The number of hydrogen-bond donors (Lipinski definition) is 0. The van der Waals surface area contributed by atoms with Crippen molar-refractivity contribution in [2.24, 2.45) is 0 Å². The second-order valence-corrected chi connectivity index (χ2v) is 7.06. The second kappa shape index (κ2) is 9.92. The van der Waals surface area contributed by atoms with Crippen LogP contribution in [0, 0.1) is 0 Å². The van der Waals surface area contributed by atoms with Gasteiger partial charge in [0.05, 0.1) is 30.7 Å². The molecule has 134 valence electrons. The van der Waals surface area contributed by atoms with Crippen LogP contribution in [-0.2, 0) is 17.3 Å². The predicted octanol–water partition coefficient (Wildman–Crippen LogP) is 2.49. The lowest BCUT2D eigenvalue weighted by molar-refractivity contribution is -0.125. The van der Waals surface area contributed by atoms with Crippen LogP contribution in [0.2, 0.25) is 0 Å². The average Bonchev–Trinajstić information content (AvgIpc) is 2.76. The van der Waals surface area contributed by atoms with E-state index in [0.29, 0.717) is 45.1 Å². The first-order valence-corrected chi connectivity index (χ1v) is 9.55. The number of imide groups is 1. The summed E-state index contributed by atoms with van der Waals surface area (Å²) in [6.07, 6.45) is 2.19. The Balaban J connectivity index is 2.59. The third-order valence-electron chi connectivity index (χ3n) is 3.15. The molecule has 1 heterocycles. The Hall–Kier alpha value is -1.09. The van der Waals surface area contributed by atoms with Crippen molar-refractivity contribution in [3.05, 3.63) is 12.7 Å². The van der Waals surface area contributed by atoms with E-state index >= 15 is 0 Å². The van der Waals surface area contributed by atoms with Crippen LogP contribution in [0.25, 0.3) is 0 Å². The number of carbonyl (C=O) groups excluding carboxylic acids is 2. The molecular weight excluding hydrogens is 320 g/mol. The monoisotopic (exact) mass is 348 g/mol. The summed E-state index contributed by atoms with van der Waals surface area (Å²) in [5, 5.41) is 0. The molecule has 0 aromatic rings. The summed E-state index contributed by atoms with van der Waals surface area (Å²) in [6, 6.07) is -0.264. The number of carbonyl (C=O) groups is 2. The molecule has 3 amide bonds. The van der Waals surface area contributed by atoms with Crippen LogP contribution in [-0.4, -0.2) is 66.9 Å². The zero-order valence-corrected chi connectivity index (χ0v) is 15.1. The van der Waals surface area contributed by atoms with Crippen molar-refractivity contribution in [1.29, 1.82) is 0 Å². The molecule has 7 nitrogen and oxygen atoms in total. The van der Waals surface area contributed by atoms with E-state index < -0.39 is 10.9 Å². The molecule has 1 aliphatic heterocycles. The lowest BCUT2D eigenvalue weighted by atomic mass is 10.4. The topological polar surface area (TPSA) is 68.3 Å². The Morgan fingerprint density at radius 2 is 1.70 bits per heavy atom. The third kappa shape index (κ3) is 5.49. The van der Waals surface area contributed by atoms with Gasteiger partial charge in [0.2, 0.25) is 5.91 Å². The van der Waals surface area contributed by atoms with Crippen LogP contribution < -0.4 is 0 Å². The Kier molecular flexibility index (Phi) is 8.60. The highest BCUT2D eigenvalue weighted by atomic mass is 32.3. The molecule has 1 fully saturated rings. The van der Waals surface area contributed by atoms with Crippen LogP contribution >= 0.6 is 10.9 Å². The van der Waals surface area contributed by atoms with Crippen molar-refractivity contribution in [3.63, 3.8) is 0 Å². The fourth-order valence-corrected chi connectivity index (χ4v) is 4.45. The highest BCUT2D eigenvalue weighted by Crippen LogP contribution is 2.51. The Labute approximate surface area is 140 Å². The summed E-state index contributed by atoms with van der Waals surface area (Å²) in [5.74, 6) is 0.350. The molecular formula is C15H28N2O5S. The van der Waals surface area contributed by atoms with Crippen LogP contribution in [0.15, 0.2) is 12.7 Å². The second-order valence-electron chi connectivity index (χ2n) is 4.83. The van der Waals surface area contributed by atoms with Gasteiger partial charge < -0.3 is 4.90 Å². The summed E-state index contributed by atoms with van der Waals surface area (Å²) in [5.41, 5.74) is 0. The molecule has 0 aromatic heterocycles. The largest absolute Gasteiger partial charge is 0.327 e. The van der Waals surface area contributed by atoms with Gasteiger partial charge in [-0.15, -0.1) is 6.58 Å². The van der Waals surface area contributed by atoms with E-state index in [1.807, 2.05) is 20.8 Å². The fraction of sp³-hybridized carbons (Fsp3) is 0.733. The summed E-state index contributed by atoms with van der Waals surface area (Å²) in [4.78, 5) is 26.8. The molecule has 0 N–H and O–H groups in total. The average molecular weight is 348 g/mol. The van der Waals surface area contributed by atoms with Gasteiger partial charge in [0.15, 0.2) is 0 Å². The van der Waals surface area contributed by atoms with Gasteiger partial charge in [-0.25, -0.2) is 4.79 Å². The maximum atomic E-state index is 12.1. The highest BCUT2D eigenvalue weighted by molar-refractivity contribution is 8.21. The SMILES string of the molecule is C=CCN1CC(=O)N(CCCS(OCC)(OCC)OCC)C1=O. The lowest BCUT2D eigenvalue weighted by Crippen LogP contribution is -2.34. The highest BCUT2D eigenvalue weighted by Gasteiger charge is 2.35. The van der Waals surface area contributed by atoms with Gasteiger partial charge in [-0.05, 0) is 27.2 Å². The van der Waals surface area contributed by atoms with E-state index in [1.54, 1.807) is 6.08 Å². The number of urea groups is 1. The van der Waals surface area contributed by atoms with Gasteiger partial charge in [-0.3, -0.25) is 22.2 Å². The minimum absolute atomic E-state index is 0.116. The minimum Gasteiger partial charge on any atom is -0.311 e. The van der Waals surface area contributed by atoms with Gasteiger partial charge in [0, 0.05) is 18.8 Å². The van der Waals surface area contributed by atoms with E-state index in [2.05, 4.69) is 6.58 Å². The van der Waals surface area contributed by atoms with Crippen LogP contribution in [0.1, 0.15) is 27.2 Å². The zero-order chi connectivity index (χ0) is 17.3. The van der Waals surface area contributed by atoms with E-state index in [9.17, 15) is 9.59 Å². The molecule has 0 bridgehead atoms. The third-order valence-corrected chi connectivity index (χ3v) is 5.72. The van der Waals surface area contributed by atoms with Crippen molar-refractivity contribution in [1.82, 2.24) is 9.80 Å². The van der Waals surface area contributed by atoms with Gasteiger partial charge in [-0.2, -0.15) is 0 Å². The van der Waals surface area contributed by atoms with Crippen molar-refractivity contribution in [2.75, 3.05) is 45.2 Å². The van der Waals surface area contributed by atoms with Crippen molar-refractivity contribution < 1.29 is 22.1 Å². The molecule has 8 heteroatoms. The smallest absolute Gasteiger partial charge is 0.311 e. The van der Waals surface area contributed by atoms with Crippen molar-refractivity contribution >= 4 is 22.8 Å². The summed E-state index contributed by atoms with van der Waals surface area (Å²) in [6.45, 7) is 11.6. The number of hydrogen-bond acceptors (Lipinski definition) is 5. The molecule has 1 rings (SSSR count). The summed E-state index contributed by atoms with van der Waals surface area (Å²) >= 11 is 0. The molecule has 1 saturated heterocycles. The van der Waals surface area contributed by atoms with E-state index in [-0.39, 0.29) is 18.5 Å². The maximum absolute atomic E-state index is 12.1. The van der Waals surface area contributed by atoms with Gasteiger partial charge in [-0.1, -0.05) is 6.08 Å². The maximum Gasteiger partial charge on any atom is 0.327 e. The fourth-order valence-electron chi connectivity index (χ4n) is 2.33. The molecule has 0 spiro atoms. The van der Waals surface area contributed by atoms with E-state index in [0.717, 1.165) is 0 Å². The molecule has 0 aliphatic carbocycles. The van der Waals surface area contributed by atoms with E-state index in [4.69, 9.17) is 12.5 Å². The molecule has 1 aliphatic rings. The number of nitrogens with zero attached hydrogens (tertiary/aromatic N) is 2. The number of amides is 3. The Morgan fingerprint density at radius 1 is 1.13 bits per heavy atom. The van der Waals surface area contributed by atoms with Crippen LogP contribution in [0.4, 0.5) is 4.79 Å². The molecule has 0 atom stereocenters. The van der Waals surface area contributed by atoms with Crippen LogP contribution in [0.3, 0.4) is 0 Å². The van der Waals surface area contributed by atoms with Gasteiger partial charge >= 0.3 is 6.03 Å². The summed E-state index contributed by atoms with van der Waals surface area (Å²) in [7, 11) is -2.08. The first-order valence-electron chi connectivity index (χ1n) is 7.97. The van der Waals surface area contributed by atoms with Crippen LogP contribution in [0.5, 0.6) is 0 Å². The molecule has 0 aromatic carbocycles. The van der Waals surface area contributed by atoms with Gasteiger partial charge in [0.25, 0.3) is 0 Å². The molecule has 0 unspecified atom stereocenters. The Bertz CT molecular complexity index is 402. The summed E-state index contributed by atoms with van der Waals surface area (Å²) < 4.78 is 17.1. The minimum atomic E-state index is -2.08. The first-order chi connectivity index (χ1) is 11.0. The van der Waals surface area contributed by atoms with E-state index in [1.165, 1.54) is 9.80 Å². The van der Waals surface area contributed by atoms with Crippen molar-refractivity contribution in [2.45, 2.75) is 27.2 Å². The molecule has 23 heavy (non-hydrogen) atoms. The normalized spacial score (nSPS) is 16.3. The lowest BCUT2D eigenvalue weighted by Gasteiger charge is -2.37. The predicted molar refractivity (Wildman–Crippen MR) is 90.8 cm³/mol. The molecule has 0 saturated carbocycles. The zero-order valence-electron chi connectivity index (χ0n) is 14.3. The van der Waals surface area contributed by atoms with Crippen molar-refractivity contribution in [3.8, 4) is 0 Å². The number of rotatable bonds is 12. The quantitative estimate of drug-likeness (QED) is 0.400. The molecule has 0 radical (unpaired) electrons.